The van der Waals surface area contributed by atoms with Crippen LogP contribution >= 0.6 is 11.6 Å². The average Bonchev–Trinajstić information content (AvgIpc) is 2.94. The van der Waals surface area contributed by atoms with Crippen molar-refractivity contribution >= 4 is 39.1 Å². The summed E-state index contributed by atoms with van der Waals surface area (Å²) in [5.74, 6) is -1.22. The Morgan fingerprint density at radius 1 is 1.00 bits per heavy atom. The number of rotatable bonds is 12. The maximum Gasteiger partial charge on any atom is 0.417 e. The first kappa shape index (κ1) is 32.9. The minimum absolute atomic E-state index is 0.0312. The summed E-state index contributed by atoms with van der Waals surface area (Å²) in [6.07, 6.45) is -3.30. The summed E-state index contributed by atoms with van der Waals surface area (Å²) in [5, 5.41) is 2.17. The quantitative estimate of drug-likeness (QED) is 0.244. The number of hydrogen-bond donors (Lipinski definition) is 1. The molecule has 1 atom stereocenters. The first-order valence-corrected chi connectivity index (χ1v) is 15.1. The van der Waals surface area contributed by atoms with Crippen molar-refractivity contribution in [2.24, 2.45) is 0 Å². The highest BCUT2D eigenvalue weighted by atomic mass is 35.5. The molecule has 42 heavy (non-hydrogen) atoms. The van der Waals surface area contributed by atoms with E-state index in [-0.39, 0.29) is 11.4 Å². The van der Waals surface area contributed by atoms with Crippen molar-refractivity contribution in [1.82, 2.24) is 10.2 Å². The van der Waals surface area contributed by atoms with Crippen LogP contribution in [0.4, 0.5) is 18.9 Å². The zero-order valence-corrected chi connectivity index (χ0v) is 25.1. The Balaban J connectivity index is 2.08. The van der Waals surface area contributed by atoms with Crippen LogP contribution in [0.3, 0.4) is 0 Å². The molecule has 3 aromatic carbocycles. The number of benzene rings is 3. The Kier molecular flexibility index (Phi) is 11.0. The molecule has 0 fully saturated rings. The number of nitrogens with zero attached hydrogens (tertiary/aromatic N) is 2. The Hall–Kier alpha value is -3.57. The summed E-state index contributed by atoms with van der Waals surface area (Å²) in [6, 6.07) is 16.0. The molecule has 0 aromatic heterocycles. The number of amides is 2. The highest BCUT2D eigenvalue weighted by Gasteiger charge is 2.37. The molecule has 3 rings (SSSR count). The average molecular weight is 624 g/mol. The third-order valence-electron chi connectivity index (χ3n) is 6.59. The van der Waals surface area contributed by atoms with Gasteiger partial charge < -0.3 is 10.2 Å². The minimum Gasteiger partial charge on any atom is -0.354 e. The number of anilines is 1. The molecule has 2 amide bonds. The molecule has 226 valence electrons. The predicted octanol–water partition coefficient (Wildman–Crippen LogP) is 6.20. The van der Waals surface area contributed by atoms with Gasteiger partial charge in [-0.05, 0) is 56.2 Å². The second-order valence-electron chi connectivity index (χ2n) is 9.82. The van der Waals surface area contributed by atoms with Gasteiger partial charge >= 0.3 is 6.18 Å². The van der Waals surface area contributed by atoms with Crippen molar-refractivity contribution in [1.29, 1.82) is 0 Å². The number of carbonyl (C=O) groups is 2. The second kappa shape index (κ2) is 14.1. The Morgan fingerprint density at radius 2 is 1.69 bits per heavy atom. The smallest absolute Gasteiger partial charge is 0.354 e. The standard InChI is InChI=1S/C30H33ClF3N3O4S/c1-4-5-16-35-29(39)22(3)36(19-23-11-9-10-21(2)17-23)28(38)20-37(42(40,41)25-12-7-6-8-13-25)24-14-15-27(31)26(18-24)30(32,33)34/h6-15,17-18,22H,4-5,16,19-20H2,1-3H3,(H,35,39)/t22-/m0/s1. The van der Waals surface area contributed by atoms with E-state index in [2.05, 4.69) is 5.32 Å². The molecule has 0 aliphatic heterocycles. The molecule has 1 N–H and O–H groups in total. The minimum atomic E-state index is -4.87. The number of aryl methyl sites for hydroxylation is 1. The number of hydrogen-bond acceptors (Lipinski definition) is 4. The van der Waals surface area contributed by atoms with Crippen molar-refractivity contribution in [3.05, 3.63) is 94.5 Å². The number of unbranched alkanes of at least 4 members (excludes halogenated alkanes) is 1. The van der Waals surface area contributed by atoms with Crippen molar-refractivity contribution in [3.63, 3.8) is 0 Å². The summed E-state index contributed by atoms with van der Waals surface area (Å²) in [5.41, 5.74) is -0.0453. The highest BCUT2D eigenvalue weighted by molar-refractivity contribution is 7.92. The molecule has 0 saturated heterocycles. The largest absolute Gasteiger partial charge is 0.417 e. The van der Waals surface area contributed by atoms with Crippen LogP contribution < -0.4 is 9.62 Å². The fraction of sp³-hybridized carbons (Fsp3) is 0.333. The molecule has 0 heterocycles. The van der Waals surface area contributed by atoms with Gasteiger partial charge in [-0.2, -0.15) is 13.2 Å². The molecule has 3 aromatic rings. The molecular formula is C30H33ClF3N3O4S. The summed E-state index contributed by atoms with van der Waals surface area (Å²) in [4.78, 5) is 27.9. The van der Waals surface area contributed by atoms with Gasteiger partial charge in [0.05, 0.1) is 21.2 Å². The monoisotopic (exact) mass is 623 g/mol. The summed E-state index contributed by atoms with van der Waals surface area (Å²) in [6.45, 7) is 4.85. The fourth-order valence-electron chi connectivity index (χ4n) is 4.26. The van der Waals surface area contributed by atoms with Crippen LogP contribution in [0.2, 0.25) is 5.02 Å². The molecule has 0 unspecified atom stereocenters. The summed E-state index contributed by atoms with van der Waals surface area (Å²) < 4.78 is 69.4. The number of sulfonamides is 1. The molecule has 0 bridgehead atoms. The molecule has 12 heteroatoms. The molecule has 7 nitrogen and oxygen atoms in total. The normalized spacial score (nSPS) is 12.5. The number of carbonyl (C=O) groups excluding carboxylic acids is 2. The van der Waals surface area contributed by atoms with Crippen LogP contribution in [0.1, 0.15) is 43.4 Å². The summed E-state index contributed by atoms with van der Waals surface area (Å²) >= 11 is 5.80. The zero-order chi connectivity index (χ0) is 31.1. The van der Waals surface area contributed by atoms with Crippen LogP contribution in [0.15, 0.2) is 77.7 Å². The van der Waals surface area contributed by atoms with Crippen LogP contribution in [0, 0.1) is 6.92 Å². The first-order valence-electron chi connectivity index (χ1n) is 13.3. The lowest BCUT2D eigenvalue weighted by Gasteiger charge is -2.32. The van der Waals surface area contributed by atoms with Gasteiger partial charge in [0.25, 0.3) is 10.0 Å². The number of halogens is 4. The third kappa shape index (κ3) is 8.25. The van der Waals surface area contributed by atoms with E-state index in [1.165, 1.54) is 36.1 Å². The second-order valence-corrected chi connectivity index (χ2v) is 12.1. The van der Waals surface area contributed by atoms with Gasteiger partial charge in [0, 0.05) is 13.1 Å². The topological polar surface area (TPSA) is 86.8 Å². The van der Waals surface area contributed by atoms with Crippen LogP contribution in [-0.4, -0.2) is 44.3 Å². The predicted molar refractivity (Wildman–Crippen MR) is 157 cm³/mol. The van der Waals surface area contributed by atoms with Crippen molar-refractivity contribution < 1.29 is 31.2 Å². The molecule has 0 saturated carbocycles. The van der Waals surface area contributed by atoms with Gasteiger partial charge in [0.2, 0.25) is 11.8 Å². The van der Waals surface area contributed by atoms with E-state index in [1.54, 1.807) is 18.2 Å². The van der Waals surface area contributed by atoms with Crippen LogP contribution in [-0.2, 0) is 32.3 Å². The zero-order valence-electron chi connectivity index (χ0n) is 23.5. The van der Waals surface area contributed by atoms with Crippen molar-refractivity contribution in [2.75, 3.05) is 17.4 Å². The van der Waals surface area contributed by atoms with Gasteiger partial charge in [-0.3, -0.25) is 13.9 Å². The molecule has 0 spiro atoms. The third-order valence-corrected chi connectivity index (χ3v) is 8.70. The summed E-state index contributed by atoms with van der Waals surface area (Å²) in [7, 11) is -4.53. The van der Waals surface area contributed by atoms with E-state index < -0.39 is 56.9 Å². The van der Waals surface area contributed by atoms with Crippen molar-refractivity contribution in [3.8, 4) is 0 Å². The number of nitrogens with one attached hydrogen (secondary N) is 1. The van der Waals surface area contributed by atoms with Gasteiger partial charge in [0.1, 0.15) is 12.6 Å². The van der Waals surface area contributed by atoms with E-state index in [0.717, 1.165) is 30.5 Å². The maximum atomic E-state index is 13.9. The molecular weight excluding hydrogens is 591 g/mol. The maximum absolute atomic E-state index is 13.9. The van der Waals surface area contributed by atoms with Gasteiger partial charge in [-0.25, -0.2) is 8.42 Å². The van der Waals surface area contributed by atoms with E-state index in [1.807, 2.05) is 26.0 Å². The van der Waals surface area contributed by atoms with Gasteiger partial charge in [0.15, 0.2) is 0 Å². The Bertz CT molecular complexity index is 1500. The lowest BCUT2D eigenvalue weighted by Crippen LogP contribution is -2.51. The van der Waals surface area contributed by atoms with Crippen LogP contribution in [0.25, 0.3) is 0 Å². The first-order chi connectivity index (χ1) is 19.8. The number of alkyl halides is 3. The van der Waals surface area contributed by atoms with E-state index in [0.29, 0.717) is 22.5 Å². The van der Waals surface area contributed by atoms with Gasteiger partial charge in [-0.15, -0.1) is 0 Å². The lowest BCUT2D eigenvalue weighted by molar-refractivity contribution is -0.139. The van der Waals surface area contributed by atoms with E-state index in [9.17, 15) is 31.2 Å². The van der Waals surface area contributed by atoms with Crippen molar-refractivity contribution in [2.45, 2.75) is 57.3 Å². The van der Waals surface area contributed by atoms with E-state index >= 15 is 0 Å². The Morgan fingerprint density at radius 3 is 2.31 bits per heavy atom. The molecule has 0 aliphatic carbocycles. The highest BCUT2D eigenvalue weighted by Crippen LogP contribution is 2.38. The molecule has 0 radical (unpaired) electrons. The SMILES string of the molecule is CCCCNC(=O)[C@H](C)N(Cc1cccc(C)c1)C(=O)CN(c1ccc(Cl)c(C(F)(F)F)c1)S(=O)(=O)c1ccccc1. The van der Waals surface area contributed by atoms with Crippen LogP contribution in [0.5, 0.6) is 0 Å². The lowest BCUT2D eigenvalue weighted by atomic mass is 10.1. The van der Waals surface area contributed by atoms with E-state index in [4.69, 9.17) is 11.6 Å². The Labute approximate surface area is 249 Å². The van der Waals surface area contributed by atoms with Gasteiger partial charge in [-0.1, -0.05) is 73.0 Å². The molecule has 0 aliphatic rings. The fourth-order valence-corrected chi connectivity index (χ4v) is 5.91.